The maximum atomic E-state index is 16.4. The van der Waals surface area contributed by atoms with E-state index in [1.165, 1.54) is 28.4 Å². The van der Waals surface area contributed by atoms with Crippen LogP contribution in [0.15, 0.2) is 54.6 Å². The molecule has 3 aromatic carbocycles. The van der Waals surface area contributed by atoms with Crippen LogP contribution in [0.25, 0.3) is 22.1 Å². The van der Waals surface area contributed by atoms with Crippen LogP contribution in [0.5, 0.6) is 0 Å². The van der Waals surface area contributed by atoms with E-state index in [1.807, 2.05) is 24.3 Å². The third-order valence-electron chi connectivity index (χ3n) is 15.2. The molecule has 0 spiro atoms. The number of aromatic amines is 2. The lowest BCUT2D eigenvalue weighted by Gasteiger charge is -2.34. The number of likely N-dealkylation sites (tertiary alicyclic amines) is 2. The summed E-state index contributed by atoms with van der Waals surface area (Å²) in [5.74, 6) is 0.436. The number of H-pyrrole nitrogens is 2. The number of aromatic nitrogens is 4. The van der Waals surface area contributed by atoms with Crippen molar-refractivity contribution in [2.45, 2.75) is 120 Å². The Labute approximate surface area is 406 Å². The molecule has 0 saturated carbocycles. The predicted octanol–water partition coefficient (Wildman–Crippen LogP) is 7.75. The molecule has 0 radical (unpaired) electrons. The number of hydrogen-bond acceptors (Lipinski definition) is 11. The van der Waals surface area contributed by atoms with E-state index in [9.17, 15) is 24.3 Å². The fourth-order valence-corrected chi connectivity index (χ4v) is 11.3. The van der Waals surface area contributed by atoms with Crippen molar-refractivity contribution in [2.24, 2.45) is 0 Å². The number of piperidine rings is 1. The number of alkyl carbamates (subject to hydrolysis) is 1. The molecule has 0 aliphatic carbocycles. The van der Waals surface area contributed by atoms with Crippen molar-refractivity contribution in [3.8, 4) is 0 Å². The second-order valence-corrected chi connectivity index (χ2v) is 19.2. The molecule has 4 amide bonds. The standard InChI is InChI=1S/C51H65FN10O8/c1-29(68-4)44(57-50(65)70-6)48(63)60-24-10-12-42(60)46-53-35-17-14-31(26-37(35)55-46)39-20-21-40(62(39)33-16-19-41(34(52)28-33)59-22-8-7-9-23-59)32-15-18-36-38(27-32)56-47(54-36)43-13-11-25-61(43)49(64)45(30(2)69-5)58(3)51(66)67/h14-19,26-30,39-40,42-45H,7-13,20-25H2,1-6H3,(H,53,55)(H,54,56)(H,57,65)(H,66,67)/t29?,30-,39+,40+,42+,43+,44+,45+/m1/s1. The van der Waals surface area contributed by atoms with Gasteiger partial charge in [-0.15, -0.1) is 0 Å². The Morgan fingerprint density at radius 3 is 1.79 bits per heavy atom. The molecule has 8 atom stereocenters. The van der Waals surface area contributed by atoms with Crippen molar-refractivity contribution in [1.29, 1.82) is 0 Å². The first-order valence-corrected chi connectivity index (χ1v) is 24.6. The van der Waals surface area contributed by atoms with Gasteiger partial charge in [-0.05, 0) is 125 Å². The summed E-state index contributed by atoms with van der Waals surface area (Å²) in [4.78, 5) is 78.3. The molecule has 9 rings (SSSR count). The summed E-state index contributed by atoms with van der Waals surface area (Å²) in [5, 5.41) is 12.5. The molecule has 0 bridgehead atoms. The molecule has 18 nitrogen and oxygen atoms in total. The summed E-state index contributed by atoms with van der Waals surface area (Å²) >= 11 is 0. The smallest absolute Gasteiger partial charge is 0.407 e. The second-order valence-electron chi connectivity index (χ2n) is 19.2. The number of nitrogens with zero attached hydrogens (tertiary/aromatic N) is 7. The highest BCUT2D eigenvalue weighted by atomic mass is 19.1. The molecule has 19 heteroatoms. The van der Waals surface area contributed by atoms with E-state index < -0.39 is 36.5 Å². The maximum absolute atomic E-state index is 16.4. The van der Waals surface area contributed by atoms with Gasteiger partial charge in [0.25, 0.3) is 0 Å². The second kappa shape index (κ2) is 20.5. The Hall–Kier alpha value is -6.47. The van der Waals surface area contributed by atoms with Gasteiger partial charge in [0, 0.05) is 53.1 Å². The molecule has 4 N–H and O–H groups in total. The average molecular weight is 965 g/mol. The zero-order chi connectivity index (χ0) is 49.4. The molecule has 4 aliphatic heterocycles. The van der Waals surface area contributed by atoms with Gasteiger partial charge in [-0.2, -0.15) is 0 Å². The van der Waals surface area contributed by atoms with Gasteiger partial charge in [0.05, 0.1) is 71.2 Å². The number of carboxylic acid groups (broad SMARTS) is 1. The van der Waals surface area contributed by atoms with Gasteiger partial charge in [-0.3, -0.25) is 14.5 Å². The highest BCUT2D eigenvalue weighted by molar-refractivity contribution is 5.88. The van der Waals surface area contributed by atoms with Gasteiger partial charge in [-0.25, -0.2) is 23.9 Å². The number of nitrogens with one attached hydrogen (secondary N) is 3. The number of methoxy groups -OCH3 is 3. The summed E-state index contributed by atoms with van der Waals surface area (Å²) in [6.45, 7) is 6.04. The van der Waals surface area contributed by atoms with E-state index in [0.29, 0.717) is 43.3 Å². The minimum atomic E-state index is -1.21. The van der Waals surface area contributed by atoms with Crippen molar-refractivity contribution < 1.29 is 42.9 Å². The zero-order valence-corrected chi connectivity index (χ0v) is 40.8. The fourth-order valence-electron chi connectivity index (χ4n) is 11.3. The highest BCUT2D eigenvalue weighted by Crippen LogP contribution is 2.48. The number of fused-ring (bicyclic) bond motifs is 2. The Kier molecular flexibility index (Phi) is 14.2. The Morgan fingerprint density at radius 1 is 0.714 bits per heavy atom. The van der Waals surface area contributed by atoms with Crippen molar-refractivity contribution in [1.82, 2.24) is 40.0 Å². The summed E-state index contributed by atoms with van der Waals surface area (Å²) in [6.07, 6.45) is 4.45. The van der Waals surface area contributed by atoms with Crippen LogP contribution in [-0.4, -0.2) is 143 Å². The van der Waals surface area contributed by atoms with Gasteiger partial charge in [0.2, 0.25) is 11.8 Å². The molecule has 374 valence electrons. The first-order chi connectivity index (χ1) is 33.8. The molecule has 6 heterocycles. The lowest BCUT2D eigenvalue weighted by Crippen LogP contribution is -2.54. The van der Waals surface area contributed by atoms with Crippen molar-refractivity contribution >= 4 is 57.4 Å². The Bertz CT molecular complexity index is 2720. The van der Waals surface area contributed by atoms with Crippen LogP contribution in [0.3, 0.4) is 0 Å². The van der Waals surface area contributed by atoms with Crippen molar-refractivity contribution in [3.05, 3.63) is 83.2 Å². The van der Waals surface area contributed by atoms with E-state index in [4.69, 9.17) is 24.2 Å². The lowest BCUT2D eigenvalue weighted by atomic mass is 10.0. The van der Waals surface area contributed by atoms with Crippen molar-refractivity contribution in [3.63, 3.8) is 0 Å². The van der Waals surface area contributed by atoms with Gasteiger partial charge in [0.15, 0.2) is 0 Å². The number of ether oxygens (including phenoxy) is 3. The zero-order valence-electron chi connectivity index (χ0n) is 40.8. The van der Waals surface area contributed by atoms with E-state index in [-0.39, 0.29) is 41.8 Å². The number of halogens is 1. The molecule has 4 fully saturated rings. The van der Waals surface area contributed by atoms with Crippen LogP contribution in [0.2, 0.25) is 0 Å². The molecule has 2 aromatic heterocycles. The van der Waals surface area contributed by atoms with Crippen molar-refractivity contribution in [2.75, 3.05) is 64.4 Å². The Balaban J connectivity index is 1.02. The van der Waals surface area contributed by atoms with Crippen LogP contribution >= 0.6 is 0 Å². The minimum Gasteiger partial charge on any atom is -0.465 e. The van der Waals surface area contributed by atoms with E-state index in [1.54, 1.807) is 29.7 Å². The summed E-state index contributed by atoms with van der Waals surface area (Å²) in [5.41, 5.74) is 6.58. The first-order valence-electron chi connectivity index (χ1n) is 24.6. The number of likely N-dealkylation sites (N-methyl/N-ethyl adjacent to an activating group) is 1. The highest BCUT2D eigenvalue weighted by Gasteiger charge is 2.43. The van der Waals surface area contributed by atoms with Crippen LogP contribution in [-0.2, 0) is 23.8 Å². The molecule has 1 unspecified atom stereocenters. The summed E-state index contributed by atoms with van der Waals surface area (Å²) in [6, 6.07) is 15.1. The number of anilines is 2. The van der Waals surface area contributed by atoms with Gasteiger partial charge in [-0.1, -0.05) is 12.1 Å². The number of benzene rings is 3. The van der Waals surface area contributed by atoms with Crippen LogP contribution in [0.4, 0.5) is 25.4 Å². The van der Waals surface area contributed by atoms with Crippen LogP contribution in [0.1, 0.15) is 119 Å². The average Bonchev–Trinajstić information content (AvgIpc) is 4.24. The fraction of sp³-hybridized carbons (Fsp3) is 0.529. The first kappa shape index (κ1) is 48.5. The predicted molar refractivity (Wildman–Crippen MR) is 261 cm³/mol. The molecular weight excluding hydrogens is 900 g/mol. The monoisotopic (exact) mass is 964 g/mol. The van der Waals surface area contributed by atoms with Gasteiger partial charge < -0.3 is 54.2 Å². The number of amides is 4. The van der Waals surface area contributed by atoms with Crippen LogP contribution < -0.4 is 15.1 Å². The topological polar surface area (TPSA) is 202 Å². The maximum Gasteiger partial charge on any atom is 0.407 e. The van der Waals surface area contributed by atoms with Crippen LogP contribution in [0, 0.1) is 5.82 Å². The number of imidazole rings is 2. The molecule has 4 saturated heterocycles. The van der Waals surface area contributed by atoms with E-state index in [2.05, 4.69) is 49.4 Å². The number of hydrogen-bond donors (Lipinski definition) is 4. The van der Waals surface area contributed by atoms with Gasteiger partial charge in [0.1, 0.15) is 29.5 Å². The number of rotatable bonds is 14. The Morgan fingerprint density at radius 2 is 1.27 bits per heavy atom. The normalized spacial score (nSPS) is 22.4. The molecule has 4 aliphatic rings. The van der Waals surface area contributed by atoms with E-state index >= 15 is 4.39 Å². The lowest BCUT2D eigenvalue weighted by molar-refractivity contribution is -0.141. The molecule has 70 heavy (non-hydrogen) atoms. The minimum absolute atomic E-state index is 0.135. The molecular formula is C51H65FN10O8. The third-order valence-corrected chi connectivity index (χ3v) is 15.2. The van der Waals surface area contributed by atoms with Gasteiger partial charge >= 0.3 is 12.2 Å². The summed E-state index contributed by atoms with van der Waals surface area (Å²) < 4.78 is 32.2. The number of carbonyl (C=O) groups is 4. The largest absolute Gasteiger partial charge is 0.465 e. The quantitative estimate of drug-likeness (QED) is 0.0845. The van der Waals surface area contributed by atoms with E-state index in [0.717, 1.165) is 102 Å². The number of carbonyl (C=O) groups excluding carboxylic acids is 3. The summed E-state index contributed by atoms with van der Waals surface area (Å²) in [7, 11) is 5.60. The SMILES string of the molecule is COC(=O)N[C@H](C(=O)N1CCC[C@H]1c1nc2ccc([C@@H]3CC[C@@H](c4ccc5nc([C@@H]6CCCN6C(=O)[C@H]([C@@H](C)OC)N(C)C(=O)O)[nH]c5c4)N3c3ccc(N4CCCCC4)c(F)c3)cc2[nH]1)C(C)OC. The third kappa shape index (κ3) is 9.32. The molecule has 5 aromatic rings.